The molecule has 0 aromatic carbocycles. The van der Waals surface area contributed by atoms with Gasteiger partial charge in [0.2, 0.25) is 5.91 Å². The quantitative estimate of drug-likeness (QED) is 0.772. The average molecular weight is 382 g/mol. The maximum atomic E-state index is 12.8. The summed E-state index contributed by atoms with van der Waals surface area (Å²) < 4.78 is 0. The summed E-state index contributed by atoms with van der Waals surface area (Å²) in [7, 11) is 1.78. The lowest BCUT2D eigenvalue weighted by molar-refractivity contribution is -0.129. The minimum atomic E-state index is -0.122. The molecule has 8 nitrogen and oxygen atoms in total. The van der Waals surface area contributed by atoms with Gasteiger partial charge in [-0.25, -0.2) is 9.97 Å². The molecular formula is C20H26N6O2. The second-order valence-electron chi connectivity index (χ2n) is 6.98. The zero-order chi connectivity index (χ0) is 20.1. The van der Waals surface area contributed by atoms with Crippen molar-refractivity contribution < 1.29 is 9.59 Å². The lowest BCUT2D eigenvalue weighted by atomic mass is 10.2. The third-order valence-corrected chi connectivity index (χ3v) is 4.92. The molecule has 0 aliphatic carbocycles. The summed E-state index contributed by atoms with van der Waals surface area (Å²) in [5.74, 6) is 1.27. The van der Waals surface area contributed by atoms with Crippen LogP contribution in [0.1, 0.15) is 28.8 Å². The highest BCUT2D eigenvalue weighted by molar-refractivity contribution is 5.92. The van der Waals surface area contributed by atoms with E-state index < -0.39 is 0 Å². The first kappa shape index (κ1) is 19.7. The lowest BCUT2D eigenvalue weighted by Crippen LogP contribution is -2.48. The number of anilines is 1. The zero-order valence-electron chi connectivity index (χ0n) is 16.6. The molecule has 2 amide bonds. The highest BCUT2D eigenvalue weighted by atomic mass is 16.2. The molecule has 0 atom stereocenters. The maximum Gasteiger partial charge on any atom is 0.272 e. The van der Waals surface area contributed by atoms with Crippen molar-refractivity contribution in [3.05, 3.63) is 47.7 Å². The van der Waals surface area contributed by atoms with Crippen LogP contribution in [0, 0.1) is 6.92 Å². The summed E-state index contributed by atoms with van der Waals surface area (Å²) in [5, 5.41) is 0. The minimum absolute atomic E-state index is 0.0882. The van der Waals surface area contributed by atoms with E-state index in [9.17, 15) is 9.59 Å². The van der Waals surface area contributed by atoms with Gasteiger partial charge in [-0.3, -0.25) is 14.6 Å². The summed E-state index contributed by atoms with van der Waals surface area (Å²) in [6, 6.07) is 5.65. The van der Waals surface area contributed by atoms with Gasteiger partial charge in [-0.05, 0) is 31.0 Å². The number of pyridine rings is 1. The van der Waals surface area contributed by atoms with Crippen LogP contribution in [0.15, 0.2) is 30.6 Å². The number of nitrogens with zero attached hydrogens (tertiary/aromatic N) is 6. The number of amides is 2. The van der Waals surface area contributed by atoms with Gasteiger partial charge in [-0.1, -0.05) is 0 Å². The summed E-state index contributed by atoms with van der Waals surface area (Å²) in [5.41, 5.74) is 1.53. The van der Waals surface area contributed by atoms with Crippen molar-refractivity contribution in [2.45, 2.75) is 20.3 Å². The molecule has 1 aliphatic rings. The fourth-order valence-corrected chi connectivity index (χ4v) is 3.22. The third kappa shape index (κ3) is 4.82. The van der Waals surface area contributed by atoms with Gasteiger partial charge in [0, 0.05) is 65.2 Å². The molecule has 0 saturated carbocycles. The summed E-state index contributed by atoms with van der Waals surface area (Å²) in [6.45, 7) is 6.69. The molecule has 3 rings (SSSR count). The van der Waals surface area contributed by atoms with Gasteiger partial charge >= 0.3 is 0 Å². The number of aryl methyl sites for hydroxylation is 1. The number of hydrogen-bond acceptors (Lipinski definition) is 6. The van der Waals surface area contributed by atoms with Gasteiger partial charge < -0.3 is 14.7 Å². The smallest absolute Gasteiger partial charge is 0.272 e. The molecule has 0 unspecified atom stereocenters. The molecule has 28 heavy (non-hydrogen) atoms. The lowest BCUT2D eigenvalue weighted by Gasteiger charge is -2.35. The van der Waals surface area contributed by atoms with Gasteiger partial charge in [0.25, 0.3) is 5.91 Å². The van der Waals surface area contributed by atoms with Crippen LogP contribution in [0.5, 0.6) is 0 Å². The van der Waals surface area contributed by atoms with Crippen LogP contribution in [-0.4, -0.2) is 76.3 Å². The second-order valence-corrected chi connectivity index (χ2v) is 6.98. The Morgan fingerprint density at radius 1 is 1.11 bits per heavy atom. The SMILES string of the molecule is CC(=O)N1CCN(c2cc(C(=O)N(C)CCc3ccncc3)nc(C)n2)CC1. The second kappa shape index (κ2) is 8.77. The van der Waals surface area contributed by atoms with Gasteiger partial charge in [0.15, 0.2) is 0 Å². The number of carbonyl (C=O) groups is 2. The molecule has 8 heteroatoms. The number of piperazine rings is 1. The van der Waals surface area contributed by atoms with Crippen LogP contribution in [0.4, 0.5) is 5.82 Å². The van der Waals surface area contributed by atoms with Crippen molar-refractivity contribution in [2.75, 3.05) is 44.7 Å². The minimum Gasteiger partial charge on any atom is -0.353 e. The van der Waals surface area contributed by atoms with Crippen molar-refractivity contribution in [3.8, 4) is 0 Å². The Balaban J connectivity index is 1.66. The van der Waals surface area contributed by atoms with Gasteiger partial charge in [0.05, 0.1) is 0 Å². The van der Waals surface area contributed by atoms with E-state index in [1.807, 2.05) is 17.0 Å². The van der Waals surface area contributed by atoms with Gasteiger partial charge in [-0.2, -0.15) is 0 Å². The van der Waals surface area contributed by atoms with E-state index in [0.717, 1.165) is 17.8 Å². The Morgan fingerprint density at radius 3 is 2.43 bits per heavy atom. The summed E-state index contributed by atoms with van der Waals surface area (Å²) in [4.78, 5) is 42.8. The molecule has 3 heterocycles. The van der Waals surface area contributed by atoms with Crippen molar-refractivity contribution in [2.24, 2.45) is 0 Å². The van der Waals surface area contributed by atoms with Gasteiger partial charge in [0.1, 0.15) is 17.3 Å². The van der Waals surface area contributed by atoms with E-state index in [-0.39, 0.29) is 11.8 Å². The molecule has 1 aliphatic heterocycles. The molecule has 148 valence electrons. The fourth-order valence-electron chi connectivity index (χ4n) is 3.22. The number of carbonyl (C=O) groups excluding carboxylic acids is 2. The van der Waals surface area contributed by atoms with E-state index in [4.69, 9.17) is 0 Å². The summed E-state index contributed by atoms with van der Waals surface area (Å²) >= 11 is 0. The molecule has 2 aromatic rings. The van der Waals surface area contributed by atoms with Crippen LogP contribution in [-0.2, 0) is 11.2 Å². The number of rotatable bonds is 5. The first-order valence-corrected chi connectivity index (χ1v) is 9.44. The first-order valence-electron chi connectivity index (χ1n) is 9.44. The first-order chi connectivity index (χ1) is 13.4. The number of hydrogen-bond donors (Lipinski definition) is 0. The predicted octanol–water partition coefficient (Wildman–Crippen LogP) is 1.16. The highest BCUT2D eigenvalue weighted by Gasteiger charge is 2.22. The van der Waals surface area contributed by atoms with Crippen molar-refractivity contribution >= 4 is 17.6 Å². The topological polar surface area (TPSA) is 82.5 Å². The van der Waals surface area contributed by atoms with Crippen LogP contribution >= 0.6 is 0 Å². The maximum absolute atomic E-state index is 12.8. The number of likely N-dealkylation sites (N-methyl/N-ethyl adjacent to an activating group) is 1. The molecule has 0 radical (unpaired) electrons. The molecule has 0 bridgehead atoms. The Labute approximate surface area is 165 Å². The molecule has 2 aromatic heterocycles. The standard InChI is InChI=1S/C20H26N6O2/c1-15-22-18(20(28)24(3)9-6-17-4-7-21-8-5-17)14-19(23-15)26-12-10-25(11-13-26)16(2)27/h4-5,7-8,14H,6,9-13H2,1-3H3. The van der Waals surface area contributed by atoms with Crippen molar-refractivity contribution in [3.63, 3.8) is 0 Å². The van der Waals surface area contributed by atoms with E-state index >= 15 is 0 Å². The molecular weight excluding hydrogens is 356 g/mol. The van der Waals surface area contributed by atoms with Crippen molar-refractivity contribution in [1.29, 1.82) is 0 Å². The number of aromatic nitrogens is 3. The van der Waals surface area contributed by atoms with Crippen molar-refractivity contribution in [1.82, 2.24) is 24.8 Å². The Morgan fingerprint density at radius 2 is 1.79 bits per heavy atom. The molecule has 1 saturated heterocycles. The van der Waals surface area contributed by atoms with E-state index in [0.29, 0.717) is 44.2 Å². The van der Waals surface area contributed by atoms with Gasteiger partial charge in [-0.15, -0.1) is 0 Å². The largest absolute Gasteiger partial charge is 0.353 e. The fraction of sp³-hybridized carbons (Fsp3) is 0.450. The zero-order valence-corrected chi connectivity index (χ0v) is 16.6. The van der Waals surface area contributed by atoms with Crippen LogP contribution < -0.4 is 4.90 Å². The average Bonchev–Trinajstić information content (AvgIpc) is 2.71. The molecule has 1 fully saturated rings. The predicted molar refractivity (Wildman–Crippen MR) is 106 cm³/mol. The van der Waals surface area contributed by atoms with E-state index in [1.165, 1.54) is 0 Å². The monoisotopic (exact) mass is 382 g/mol. The summed E-state index contributed by atoms with van der Waals surface area (Å²) in [6.07, 6.45) is 4.26. The normalized spacial score (nSPS) is 14.1. The Bertz CT molecular complexity index is 834. The molecule has 0 spiro atoms. The van der Waals surface area contributed by atoms with Crippen LogP contribution in [0.3, 0.4) is 0 Å². The highest BCUT2D eigenvalue weighted by Crippen LogP contribution is 2.16. The Hall–Kier alpha value is -3.03. The third-order valence-electron chi connectivity index (χ3n) is 4.92. The van der Waals surface area contributed by atoms with Crippen LogP contribution in [0.25, 0.3) is 0 Å². The Kier molecular flexibility index (Phi) is 6.18. The van der Waals surface area contributed by atoms with E-state index in [1.54, 1.807) is 44.3 Å². The molecule has 0 N–H and O–H groups in total. The van der Waals surface area contributed by atoms with E-state index in [2.05, 4.69) is 19.9 Å². The van der Waals surface area contributed by atoms with Crippen LogP contribution in [0.2, 0.25) is 0 Å².